The molecule has 1 radical (unpaired) electrons. The van der Waals surface area contributed by atoms with Gasteiger partial charge in [0.25, 0.3) is 0 Å². The molecule has 1 nitrogen and oxygen atoms in total. The van der Waals surface area contributed by atoms with Crippen LogP contribution >= 0.6 is 11.6 Å². The van der Waals surface area contributed by atoms with Gasteiger partial charge in [-0.2, -0.15) is 0 Å². The molecule has 0 aromatic rings. The fourth-order valence-corrected chi connectivity index (χ4v) is 0. The van der Waals surface area contributed by atoms with Gasteiger partial charge in [0.15, 0.2) is 0 Å². The molecule has 0 saturated heterocycles. The van der Waals surface area contributed by atoms with Gasteiger partial charge < -0.3 is 0 Å². The second kappa shape index (κ2) is 64.3. The Morgan fingerprint density at radius 2 is 1.50 bits per heavy atom. The van der Waals surface area contributed by atoms with Crippen LogP contribution in [0.3, 0.4) is 0 Å². The molecule has 3 heteroatoms. The first-order chi connectivity index (χ1) is 2.00. The van der Waals surface area contributed by atoms with Crippen LogP contribution in [0, 0.1) is 6.38 Å². The molecule has 0 aliphatic heterocycles. The van der Waals surface area contributed by atoms with E-state index in [1.165, 1.54) is 0 Å². The molecule has 4 heavy (non-hydrogen) atoms. The maximum absolute atomic E-state index is 8.28. The van der Waals surface area contributed by atoms with Crippen molar-refractivity contribution in [1.29, 1.82) is 0 Å². The molecule has 0 heterocycles. The molecule has 0 aliphatic carbocycles. The van der Waals surface area contributed by atoms with Gasteiger partial charge in [0.1, 0.15) is 0 Å². The van der Waals surface area contributed by atoms with E-state index in [9.17, 15) is 0 Å². The van der Waals surface area contributed by atoms with Crippen LogP contribution in [0.4, 0.5) is 0 Å². The van der Waals surface area contributed by atoms with Crippen molar-refractivity contribution in [3.05, 3.63) is 6.38 Å². The van der Waals surface area contributed by atoms with Crippen molar-refractivity contribution in [2.24, 2.45) is 0 Å². The van der Waals surface area contributed by atoms with Crippen molar-refractivity contribution in [2.75, 3.05) is 0 Å². The minimum atomic E-state index is 0.611. The average molecular weight is 93.5 g/mol. The molecule has 0 atom stereocenters. The Bertz CT molecular complexity index is 8.00. The number of rotatable bonds is 0. The van der Waals surface area contributed by atoms with Gasteiger partial charge in [-0.3, -0.25) is 0 Å². The van der Waals surface area contributed by atoms with E-state index in [0.717, 1.165) is 0 Å². The van der Waals surface area contributed by atoms with Gasteiger partial charge in [-0.25, -0.2) is 0 Å². The third-order valence-corrected chi connectivity index (χ3v) is 0. The number of hydrogen-bond donors (Lipinski definition) is 0. The van der Waals surface area contributed by atoms with E-state index < -0.39 is 0 Å². The molecular formula is CH3AlClO. The molecule has 0 saturated carbocycles. The van der Waals surface area contributed by atoms with Crippen molar-refractivity contribution >= 4 is 27.8 Å². The molecule has 0 bridgehead atoms. The summed E-state index contributed by atoms with van der Waals surface area (Å²) in [5.74, 6) is 0. The van der Waals surface area contributed by atoms with Crippen molar-refractivity contribution in [2.45, 2.75) is 0 Å². The molecule has 0 unspecified atom stereocenters. The van der Waals surface area contributed by atoms with Gasteiger partial charge in [-0.1, -0.05) is 0 Å². The summed E-state index contributed by atoms with van der Waals surface area (Å²) < 4.78 is 8.28. The van der Waals surface area contributed by atoms with Crippen LogP contribution in [0.25, 0.3) is 0 Å². The predicted molar refractivity (Wildman–Crippen MR) is 19.0 cm³/mol. The summed E-state index contributed by atoms with van der Waals surface area (Å²) in [4.78, 5) is 0. The fourth-order valence-electron chi connectivity index (χ4n) is 0. The Kier molecular flexibility index (Phi) is 142. The van der Waals surface area contributed by atoms with Gasteiger partial charge in [0, 0.05) is 6.38 Å². The molecule has 0 aromatic carbocycles. The van der Waals surface area contributed by atoms with E-state index in [1.54, 1.807) is 0 Å². The Hall–Kier alpha value is 0.622. The molecule has 0 rings (SSSR count). The minimum absolute atomic E-state index is 0.611. The topological polar surface area (TPSA) is 17.1 Å². The molecular weight excluding hydrogens is 90.4 g/mol. The summed E-state index contributed by atoms with van der Waals surface area (Å²) in [6, 6.07) is 0. The van der Waals surface area contributed by atoms with Crippen LogP contribution in [0.15, 0.2) is 0 Å². The third-order valence-electron chi connectivity index (χ3n) is 0. The van der Waals surface area contributed by atoms with Gasteiger partial charge in [0.2, 0.25) is 0 Å². The van der Waals surface area contributed by atoms with E-state index >= 15 is 0 Å². The third kappa shape index (κ3) is 17.8. The molecule has 0 amide bonds. The Labute approximate surface area is 38.6 Å². The monoisotopic (exact) mass is 93.0 g/mol. The van der Waals surface area contributed by atoms with Crippen LogP contribution in [0.1, 0.15) is 0 Å². The molecule has 0 spiro atoms. The molecule has 0 aliphatic rings. The van der Waals surface area contributed by atoms with Crippen molar-refractivity contribution in [1.82, 2.24) is 0 Å². The van der Waals surface area contributed by atoms with Gasteiger partial charge >= 0.3 is 20.0 Å². The second-order valence-electron chi connectivity index (χ2n) is 0. The average Bonchev–Trinajstić information content (AvgIpc) is 1.50. The number of hydrogen-bond acceptors (Lipinski definition) is 1. The zero-order valence-corrected chi connectivity index (χ0v) is 4.37. The van der Waals surface area contributed by atoms with Crippen LogP contribution in [-0.2, 0) is 3.80 Å². The quantitative estimate of drug-likeness (QED) is 0.393. The van der Waals surface area contributed by atoms with E-state index in [-0.39, 0.29) is 0 Å². The molecule has 0 aromatic heterocycles. The predicted octanol–water partition coefficient (Wildman–Crippen LogP) is 0.249. The summed E-state index contributed by atoms with van der Waals surface area (Å²) in [5.41, 5.74) is 0. The summed E-state index contributed by atoms with van der Waals surface area (Å²) in [6.45, 7) is 0. The van der Waals surface area contributed by atoms with Crippen molar-refractivity contribution < 1.29 is 3.80 Å². The van der Waals surface area contributed by atoms with Crippen LogP contribution in [0.5, 0.6) is 0 Å². The fraction of sp³-hybridized carbons (Fsp3) is 0. The SMILES string of the molecule is [CH2]Cl.[O]=[AlH]. The van der Waals surface area contributed by atoms with Crippen LogP contribution < -0.4 is 0 Å². The Morgan fingerprint density at radius 3 is 1.50 bits per heavy atom. The molecule has 23 valence electrons. The van der Waals surface area contributed by atoms with Crippen LogP contribution in [-0.4, -0.2) is 16.2 Å². The van der Waals surface area contributed by atoms with E-state index in [0.29, 0.717) is 16.2 Å². The first-order valence-electron chi connectivity index (χ1n) is 0.556. The first-order valence-corrected chi connectivity index (χ1v) is 1.67. The molecule has 0 N–H and O–H groups in total. The summed E-state index contributed by atoms with van der Waals surface area (Å²) in [5, 5.41) is 0. The zero-order chi connectivity index (χ0) is 4.00. The van der Waals surface area contributed by atoms with E-state index in [2.05, 4.69) is 18.0 Å². The Morgan fingerprint density at radius 1 is 1.50 bits per heavy atom. The van der Waals surface area contributed by atoms with Gasteiger partial charge in [-0.15, -0.1) is 11.6 Å². The van der Waals surface area contributed by atoms with E-state index in [4.69, 9.17) is 3.80 Å². The van der Waals surface area contributed by atoms with Gasteiger partial charge in [-0.05, 0) is 0 Å². The first kappa shape index (κ1) is 8.82. The van der Waals surface area contributed by atoms with Gasteiger partial charge in [0.05, 0.1) is 0 Å². The van der Waals surface area contributed by atoms with Crippen molar-refractivity contribution in [3.8, 4) is 0 Å². The maximum atomic E-state index is 8.28. The Balaban J connectivity index is 0. The van der Waals surface area contributed by atoms with Crippen LogP contribution in [0.2, 0.25) is 0 Å². The number of halogens is 1. The summed E-state index contributed by atoms with van der Waals surface area (Å²) in [6.07, 6.45) is 2.72. The molecule has 0 fully saturated rings. The normalized spacial score (nSPS) is 2.25. The van der Waals surface area contributed by atoms with E-state index in [1.807, 2.05) is 0 Å². The summed E-state index contributed by atoms with van der Waals surface area (Å²) in [7, 11) is 0. The van der Waals surface area contributed by atoms with Crippen molar-refractivity contribution in [3.63, 3.8) is 0 Å². The second-order valence-corrected chi connectivity index (χ2v) is 0. The standard InChI is InChI=1S/CH2Cl.Al.O.H/c1-2;;;/h1H2;;;. The summed E-state index contributed by atoms with van der Waals surface area (Å²) >= 11 is 5.00. The zero-order valence-electron chi connectivity index (χ0n) is 2.20.